The van der Waals surface area contributed by atoms with Crippen molar-refractivity contribution in [1.29, 1.82) is 0 Å². The minimum atomic E-state index is -0.0923. The van der Waals surface area contributed by atoms with Gasteiger partial charge in [-0.25, -0.2) is 0 Å². The third-order valence-corrected chi connectivity index (χ3v) is 2.99. The van der Waals surface area contributed by atoms with Gasteiger partial charge in [0, 0.05) is 12.6 Å². The van der Waals surface area contributed by atoms with Gasteiger partial charge in [0.2, 0.25) is 0 Å². The zero-order valence-electron chi connectivity index (χ0n) is 9.72. The zero-order chi connectivity index (χ0) is 11.5. The smallest absolute Gasteiger partial charge is 0.324 e. The maximum atomic E-state index is 11.5. The van der Waals surface area contributed by atoms with Crippen molar-refractivity contribution in [3.63, 3.8) is 0 Å². The summed E-state index contributed by atoms with van der Waals surface area (Å²) in [6.45, 7) is 5.23. The molecule has 1 aromatic rings. The average molecular weight is 219 g/mol. The van der Waals surface area contributed by atoms with Crippen LogP contribution in [-0.4, -0.2) is 30.1 Å². The van der Waals surface area contributed by atoms with E-state index in [1.54, 1.807) is 0 Å². The van der Waals surface area contributed by atoms with Crippen molar-refractivity contribution in [2.75, 3.05) is 13.2 Å². The Morgan fingerprint density at radius 3 is 2.81 bits per heavy atom. The SMILES string of the molecule is CCOC(=O)[C@H]1CN1[C@@H](C)c1ccccc1. The van der Waals surface area contributed by atoms with E-state index in [1.807, 2.05) is 25.1 Å². The first-order chi connectivity index (χ1) is 7.74. The lowest BCUT2D eigenvalue weighted by atomic mass is 10.1. The molecule has 3 heteroatoms. The quantitative estimate of drug-likeness (QED) is 0.573. The summed E-state index contributed by atoms with van der Waals surface area (Å²) in [6, 6.07) is 10.5. The van der Waals surface area contributed by atoms with Gasteiger partial charge in [0.05, 0.1) is 6.61 Å². The summed E-state index contributed by atoms with van der Waals surface area (Å²) >= 11 is 0. The minimum absolute atomic E-state index is 0.0323. The third kappa shape index (κ3) is 2.25. The fraction of sp³-hybridized carbons (Fsp3) is 0.462. The van der Waals surface area contributed by atoms with Gasteiger partial charge >= 0.3 is 5.97 Å². The molecule has 0 aliphatic carbocycles. The second-order valence-electron chi connectivity index (χ2n) is 4.05. The highest BCUT2D eigenvalue weighted by atomic mass is 16.5. The number of carbonyl (C=O) groups excluding carboxylic acids is 1. The zero-order valence-corrected chi connectivity index (χ0v) is 9.72. The lowest BCUT2D eigenvalue weighted by molar-refractivity contribution is -0.143. The molecule has 1 aliphatic heterocycles. The second kappa shape index (κ2) is 4.66. The molecule has 16 heavy (non-hydrogen) atoms. The maximum absolute atomic E-state index is 11.5. The number of carbonyl (C=O) groups is 1. The standard InChI is InChI=1S/C13H17NO2/c1-3-16-13(15)12-9-14(12)10(2)11-7-5-4-6-8-11/h4-8,10,12H,3,9H2,1-2H3/t10-,12+,14?/m0/s1. The van der Waals surface area contributed by atoms with Crippen LogP contribution >= 0.6 is 0 Å². The van der Waals surface area contributed by atoms with E-state index in [-0.39, 0.29) is 18.1 Å². The van der Waals surface area contributed by atoms with Crippen LogP contribution in [0.25, 0.3) is 0 Å². The maximum Gasteiger partial charge on any atom is 0.324 e. The molecule has 0 spiro atoms. The van der Waals surface area contributed by atoms with Crippen molar-refractivity contribution in [1.82, 2.24) is 4.90 Å². The lowest BCUT2D eigenvalue weighted by Crippen LogP contribution is -2.18. The highest BCUT2D eigenvalue weighted by Crippen LogP contribution is 2.32. The summed E-state index contributed by atoms with van der Waals surface area (Å²) in [6.07, 6.45) is 0. The molecule has 86 valence electrons. The van der Waals surface area contributed by atoms with Crippen LogP contribution in [0.1, 0.15) is 25.5 Å². The van der Waals surface area contributed by atoms with E-state index in [2.05, 4.69) is 24.0 Å². The van der Waals surface area contributed by atoms with Crippen molar-refractivity contribution in [2.24, 2.45) is 0 Å². The molecule has 0 radical (unpaired) electrons. The highest BCUT2D eigenvalue weighted by molar-refractivity contribution is 5.79. The topological polar surface area (TPSA) is 29.3 Å². The van der Waals surface area contributed by atoms with Gasteiger partial charge in [0.25, 0.3) is 0 Å². The molecule has 1 saturated heterocycles. The van der Waals surface area contributed by atoms with Crippen LogP contribution in [0.15, 0.2) is 30.3 Å². The van der Waals surface area contributed by atoms with E-state index in [1.165, 1.54) is 5.56 Å². The van der Waals surface area contributed by atoms with Crippen LogP contribution in [0, 0.1) is 0 Å². The Morgan fingerprint density at radius 1 is 1.50 bits per heavy atom. The van der Waals surface area contributed by atoms with E-state index in [0.717, 1.165) is 6.54 Å². The highest BCUT2D eigenvalue weighted by Gasteiger charge is 2.44. The summed E-state index contributed by atoms with van der Waals surface area (Å²) < 4.78 is 5.00. The lowest BCUT2D eigenvalue weighted by Gasteiger charge is -2.13. The van der Waals surface area contributed by atoms with Crippen LogP contribution in [-0.2, 0) is 9.53 Å². The molecule has 0 N–H and O–H groups in total. The van der Waals surface area contributed by atoms with E-state index >= 15 is 0 Å². The summed E-state index contributed by atoms with van der Waals surface area (Å²) in [5.74, 6) is -0.0923. The van der Waals surface area contributed by atoms with Gasteiger partial charge in [-0.3, -0.25) is 9.69 Å². The van der Waals surface area contributed by atoms with Gasteiger partial charge < -0.3 is 4.74 Å². The molecule has 0 aromatic heterocycles. The summed E-state index contributed by atoms with van der Waals surface area (Å²) in [5, 5.41) is 0. The largest absolute Gasteiger partial charge is 0.465 e. The van der Waals surface area contributed by atoms with Crippen LogP contribution in [0.4, 0.5) is 0 Å². The van der Waals surface area contributed by atoms with Crippen molar-refractivity contribution in [2.45, 2.75) is 25.9 Å². The molecule has 3 nitrogen and oxygen atoms in total. The fourth-order valence-corrected chi connectivity index (χ4v) is 1.95. The molecule has 0 saturated carbocycles. The molecule has 1 aromatic carbocycles. The number of ether oxygens (including phenoxy) is 1. The van der Waals surface area contributed by atoms with Crippen LogP contribution in [0.5, 0.6) is 0 Å². The first kappa shape index (κ1) is 11.1. The van der Waals surface area contributed by atoms with Crippen molar-refractivity contribution in [3.05, 3.63) is 35.9 Å². The predicted molar refractivity (Wildman–Crippen MR) is 62.0 cm³/mol. The minimum Gasteiger partial charge on any atom is -0.465 e. The van der Waals surface area contributed by atoms with Gasteiger partial charge in [0.15, 0.2) is 0 Å². The monoisotopic (exact) mass is 219 g/mol. The molecule has 1 aliphatic rings. The molecule has 1 heterocycles. The van der Waals surface area contributed by atoms with E-state index in [4.69, 9.17) is 4.74 Å². The Labute approximate surface area is 96.0 Å². The first-order valence-corrected chi connectivity index (χ1v) is 5.71. The first-order valence-electron chi connectivity index (χ1n) is 5.71. The number of nitrogens with zero attached hydrogens (tertiary/aromatic N) is 1. The Kier molecular flexibility index (Phi) is 3.25. The second-order valence-corrected chi connectivity index (χ2v) is 4.05. The number of benzene rings is 1. The van der Waals surface area contributed by atoms with Crippen LogP contribution < -0.4 is 0 Å². The Hall–Kier alpha value is -1.35. The van der Waals surface area contributed by atoms with E-state index < -0.39 is 0 Å². The third-order valence-electron chi connectivity index (χ3n) is 2.99. The van der Waals surface area contributed by atoms with Gasteiger partial charge in [-0.05, 0) is 19.4 Å². The molecule has 1 fully saturated rings. The van der Waals surface area contributed by atoms with Crippen molar-refractivity contribution >= 4 is 5.97 Å². The van der Waals surface area contributed by atoms with Gasteiger partial charge in [-0.15, -0.1) is 0 Å². The van der Waals surface area contributed by atoms with Crippen molar-refractivity contribution in [3.8, 4) is 0 Å². The van der Waals surface area contributed by atoms with Crippen molar-refractivity contribution < 1.29 is 9.53 Å². The molecule has 2 rings (SSSR count). The summed E-state index contributed by atoms with van der Waals surface area (Å²) in [7, 11) is 0. The normalized spacial score (nSPS) is 24.9. The van der Waals surface area contributed by atoms with Gasteiger partial charge in [0.1, 0.15) is 6.04 Å². The fourth-order valence-electron chi connectivity index (χ4n) is 1.95. The molecular weight excluding hydrogens is 202 g/mol. The number of hydrogen-bond donors (Lipinski definition) is 0. The predicted octanol–water partition coefficient (Wildman–Crippen LogP) is 1.99. The Bertz CT molecular complexity index is 363. The summed E-state index contributed by atoms with van der Waals surface area (Å²) in [5.41, 5.74) is 1.24. The number of esters is 1. The van der Waals surface area contributed by atoms with Gasteiger partial charge in [-0.1, -0.05) is 30.3 Å². The molecule has 1 unspecified atom stereocenters. The molecule has 0 bridgehead atoms. The Balaban J connectivity index is 1.94. The van der Waals surface area contributed by atoms with E-state index in [0.29, 0.717) is 6.61 Å². The molecule has 0 amide bonds. The average Bonchev–Trinajstić information content (AvgIpc) is 3.09. The molecule has 3 atom stereocenters. The van der Waals surface area contributed by atoms with Crippen LogP contribution in [0.3, 0.4) is 0 Å². The van der Waals surface area contributed by atoms with E-state index in [9.17, 15) is 4.79 Å². The van der Waals surface area contributed by atoms with Gasteiger partial charge in [-0.2, -0.15) is 0 Å². The number of hydrogen-bond acceptors (Lipinski definition) is 3. The van der Waals surface area contributed by atoms with Crippen LogP contribution in [0.2, 0.25) is 0 Å². The Morgan fingerprint density at radius 2 is 2.19 bits per heavy atom. The molecular formula is C13H17NO2. The number of rotatable bonds is 4. The summed E-state index contributed by atoms with van der Waals surface area (Å²) in [4.78, 5) is 13.6.